The summed E-state index contributed by atoms with van der Waals surface area (Å²) in [4.78, 5) is 29.4. The second-order valence-electron chi connectivity index (χ2n) is 6.81. The number of hydrogen-bond donors (Lipinski definition) is 0. The van der Waals surface area contributed by atoms with Gasteiger partial charge in [0.2, 0.25) is 0 Å². The molecule has 0 spiro atoms. The van der Waals surface area contributed by atoms with Gasteiger partial charge in [-0.1, -0.05) is 42.0 Å². The number of carboxylic acids is 1. The zero-order valence-electron chi connectivity index (χ0n) is 15.4. The quantitative estimate of drug-likeness (QED) is 0.537. The Morgan fingerprint density at radius 1 is 1.14 bits per heavy atom. The van der Waals surface area contributed by atoms with Crippen LogP contribution in [0.4, 0.5) is 0 Å². The topological polar surface area (TPSA) is 75.0 Å². The summed E-state index contributed by atoms with van der Waals surface area (Å²) in [5.74, 6) is -1.24. The fraction of sp³-hybridized carbons (Fsp3) is 0.136. The highest BCUT2D eigenvalue weighted by Gasteiger charge is 2.15. The highest BCUT2D eigenvalue weighted by Crippen LogP contribution is 2.33. The van der Waals surface area contributed by atoms with Crippen LogP contribution in [0, 0.1) is 13.8 Å². The van der Waals surface area contributed by atoms with E-state index in [1.807, 2.05) is 31.4 Å². The van der Waals surface area contributed by atoms with Crippen LogP contribution in [0.1, 0.15) is 27.0 Å². The van der Waals surface area contributed by atoms with Crippen LogP contribution in [0.5, 0.6) is 0 Å². The number of aromatic nitrogens is 2. The van der Waals surface area contributed by atoms with E-state index in [4.69, 9.17) is 0 Å². The number of thiophene rings is 1. The fourth-order valence-corrected chi connectivity index (χ4v) is 4.28. The number of aryl methyl sites for hydroxylation is 2. The monoisotopic (exact) mass is 389 g/mol. The van der Waals surface area contributed by atoms with Gasteiger partial charge < -0.3 is 9.90 Å². The summed E-state index contributed by atoms with van der Waals surface area (Å²) in [5.41, 5.74) is 4.83. The maximum Gasteiger partial charge on any atom is 0.263 e. The molecule has 28 heavy (non-hydrogen) atoms. The van der Waals surface area contributed by atoms with Crippen molar-refractivity contribution < 1.29 is 9.90 Å². The van der Waals surface area contributed by atoms with Gasteiger partial charge in [-0.2, -0.15) is 0 Å². The third-order valence-corrected chi connectivity index (χ3v) is 5.63. The van der Waals surface area contributed by atoms with Gasteiger partial charge in [-0.15, -0.1) is 11.3 Å². The summed E-state index contributed by atoms with van der Waals surface area (Å²) in [5, 5.41) is 13.6. The third-order valence-electron chi connectivity index (χ3n) is 4.75. The predicted octanol–water partition coefficient (Wildman–Crippen LogP) is 3.15. The molecule has 6 heteroatoms. The summed E-state index contributed by atoms with van der Waals surface area (Å²) < 4.78 is 1.51. The Labute approximate surface area is 165 Å². The number of carboxylic acid groups (broad SMARTS) is 1. The van der Waals surface area contributed by atoms with Crippen LogP contribution in [0.15, 0.2) is 59.0 Å². The maximum atomic E-state index is 13.2. The van der Waals surface area contributed by atoms with Crippen molar-refractivity contribution >= 4 is 27.5 Å². The third kappa shape index (κ3) is 3.23. The largest absolute Gasteiger partial charge is 0.545 e. The lowest BCUT2D eigenvalue weighted by molar-refractivity contribution is -0.255. The first-order valence-corrected chi connectivity index (χ1v) is 9.66. The summed E-state index contributed by atoms with van der Waals surface area (Å²) in [7, 11) is 0. The fourth-order valence-electron chi connectivity index (χ4n) is 3.39. The average molecular weight is 389 g/mol. The van der Waals surface area contributed by atoms with Crippen LogP contribution in [0.3, 0.4) is 0 Å². The molecule has 0 atom stereocenters. The van der Waals surface area contributed by atoms with E-state index >= 15 is 0 Å². The molecule has 2 aromatic heterocycles. The lowest BCUT2D eigenvalue weighted by Crippen LogP contribution is -2.23. The van der Waals surface area contributed by atoms with Gasteiger partial charge in [0.05, 0.1) is 24.2 Å². The van der Waals surface area contributed by atoms with Crippen molar-refractivity contribution in [3.8, 4) is 11.1 Å². The van der Waals surface area contributed by atoms with Crippen molar-refractivity contribution in [3.63, 3.8) is 0 Å². The first kappa shape index (κ1) is 18.1. The molecule has 0 saturated carbocycles. The number of carbonyl (C=O) groups is 1. The molecule has 0 fully saturated rings. The minimum atomic E-state index is -1.24. The molecule has 5 nitrogen and oxygen atoms in total. The highest BCUT2D eigenvalue weighted by molar-refractivity contribution is 7.17. The van der Waals surface area contributed by atoms with E-state index in [0.717, 1.165) is 16.7 Å². The Bertz CT molecular complexity index is 1270. The Balaban J connectivity index is 1.82. The first-order chi connectivity index (χ1) is 13.4. The lowest BCUT2D eigenvalue weighted by Gasteiger charge is -2.09. The smallest absolute Gasteiger partial charge is 0.263 e. The minimum absolute atomic E-state index is 0.0890. The molecule has 0 radical (unpaired) electrons. The molecule has 140 valence electrons. The second-order valence-corrected chi connectivity index (χ2v) is 7.67. The van der Waals surface area contributed by atoms with Gasteiger partial charge in [-0.05, 0) is 42.2 Å². The zero-order chi connectivity index (χ0) is 19.8. The molecule has 0 aliphatic rings. The number of nitrogens with zero attached hydrogens (tertiary/aromatic N) is 2. The number of fused-ring (bicyclic) bond motifs is 1. The van der Waals surface area contributed by atoms with E-state index in [-0.39, 0.29) is 17.7 Å². The van der Waals surface area contributed by atoms with Crippen LogP contribution in [-0.2, 0) is 6.54 Å². The molecule has 0 saturated heterocycles. The minimum Gasteiger partial charge on any atom is -0.545 e. The van der Waals surface area contributed by atoms with Crippen molar-refractivity contribution in [3.05, 3.63) is 86.8 Å². The van der Waals surface area contributed by atoms with Crippen molar-refractivity contribution in [2.75, 3.05) is 0 Å². The lowest BCUT2D eigenvalue weighted by atomic mass is 9.99. The van der Waals surface area contributed by atoms with Gasteiger partial charge in [0.15, 0.2) is 0 Å². The van der Waals surface area contributed by atoms with Crippen LogP contribution in [0.2, 0.25) is 0 Å². The summed E-state index contributed by atoms with van der Waals surface area (Å²) in [6.45, 7) is 4.31. The molecule has 4 rings (SSSR count). The number of rotatable bonds is 4. The summed E-state index contributed by atoms with van der Waals surface area (Å²) in [6, 6.07) is 12.6. The molecule has 0 bridgehead atoms. The molecule has 0 unspecified atom stereocenters. The Morgan fingerprint density at radius 2 is 1.96 bits per heavy atom. The summed E-state index contributed by atoms with van der Waals surface area (Å²) in [6.07, 6.45) is 1.51. The van der Waals surface area contributed by atoms with Crippen LogP contribution < -0.4 is 10.7 Å². The number of benzene rings is 2. The standard InChI is InChI=1S/C22H18N2O3S/c1-13-6-7-17(14(2)8-13)18-11-28-20-19(18)21(25)24(12-23-20)10-15-4-3-5-16(9-15)22(26)27/h3-9,11-12H,10H2,1-2H3,(H,26,27)/p-1. The number of carbonyl (C=O) groups excluding carboxylic acids is 1. The molecule has 2 heterocycles. The van der Waals surface area contributed by atoms with Gasteiger partial charge in [0, 0.05) is 10.9 Å². The van der Waals surface area contributed by atoms with Gasteiger partial charge in [-0.25, -0.2) is 4.98 Å². The molecular formula is C22H17N2O3S-. The number of aromatic carboxylic acids is 1. The highest BCUT2D eigenvalue weighted by atomic mass is 32.1. The maximum absolute atomic E-state index is 13.2. The van der Waals surface area contributed by atoms with Gasteiger partial charge in [0.25, 0.3) is 5.56 Å². The molecule has 0 aliphatic heterocycles. The van der Waals surface area contributed by atoms with Crippen molar-refractivity contribution in [2.24, 2.45) is 0 Å². The van der Waals surface area contributed by atoms with Crippen LogP contribution in [-0.4, -0.2) is 15.5 Å². The Hall–Kier alpha value is -3.25. The van der Waals surface area contributed by atoms with E-state index in [0.29, 0.717) is 15.8 Å². The van der Waals surface area contributed by atoms with Crippen molar-refractivity contribution in [2.45, 2.75) is 20.4 Å². The molecule has 4 aromatic rings. The average Bonchev–Trinajstić information content (AvgIpc) is 3.09. The van der Waals surface area contributed by atoms with E-state index in [9.17, 15) is 14.7 Å². The van der Waals surface area contributed by atoms with E-state index in [1.165, 1.54) is 39.9 Å². The van der Waals surface area contributed by atoms with Crippen LogP contribution >= 0.6 is 11.3 Å². The van der Waals surface area contributed by atoms with E-state index in [2.05, 4.69) is 11.1 Å². The van der Waals surface area contributed by atoms with E-state index in [1.54, 1.807) is 12.1 Å². The summed E-state index contributed by atoms with van der Waals surface area (Å²) >= 11 is 1.45. The van der Waals surface area contributed by atoms with Crippen LogP contribution in [0.25, 0.3) is 21.3 Å². The van der Waals surface area contributed by atoms with Crippen molar-refractivity contribution in [1.29, 1.82) is 0 Å². The molecular weight excluding hydrogens is 372 g/mol. The van der Waals surface area contributed by atoms with Gasteiger partial charge >= 0.3 is 0 Å². The molecule has 0 amide bonds. The Morgan fingerprint density at radius 3 is 2.71 bits per heavy atom. The molecule has 2 aromatic carbocycles. The van der Waals surface area contributed by atoms with E-state index < -0.39 is 5.97 Å². The molecule has 0 N–H and O–H groups in total. The zero-order valence-corrected chi connectivity index (χ0v) is 16.2. The normalized spacial score (nSPS) is 11.1. The second kappa shape index (κ2) is 7.05. The first-order valence-electron chi connectivity index (χ1n) is 8.78. The van der Waals surface area contributed by atoms with Gasteiger partial charge in [-0.3, -0.25) is 9.36 Å². The Kier molecular flexibility index (Phi) is 4.57. The number of hydrogen-bond acceptors (Lipinski definition) is 5. The van der Waals surface area contributed by atoms with Gasteiger partial charge in [0.1, 0.15) is 4.83 Å². The predicted molar refractivity (Wildman–Crippen MR) is 109 cm³/mol. The van der Waals surface area contributed by atoms with Crippen molar-refractivity contribution in [1.82, 2.24) is 9.55 Å². The SMILES string of the molecule is Cc1ccc(-c2csc3ncn(Cc4cccc(C(=O)[O-])c4)c(=O)c23)c(C)c1. The molecule has 0 aliphatic carbocycles.